The Labute approximate surface area is 96.2 Å². The zero-order valence-electron chi connectivity index (χ0n) is 9.13. The predicted molar refractivity (Wildman–Crippen MR) is 59.6 cm³/mol. The van der Waals surface area contributed by atoms with Crippen molar-refractivity contribution in [2.75, 3.05) is 0 Å². The number of aromatic amines is 1. The molecule has 0 unspecified atom stereocenters. The number of nitrogens with zero attached hydrogens (tertiary/aromatic N) is 1. The minimum Gasteiger partial charge on any atom is -0.311 e. The summed E-state index contributed by atoms with van der Waals surface area (Å²) >= 11 is 0. The first-order valence-corrected chi connectivity index (χ1v) is 5.16. The molecule has 1 N–H and O–H groups in total. The molecule has 0 aliphatic carbocycles. The van der Waals surface area contributed by atoms with Gasteiger partial charge in [-0.2, -0.15) is 0 Å². The summed E-state index contributed by atoms with van der Waals surface area (Å²) in [5.41, 5.74) is 0.408. The van der Waals surface area contributed by atoms with E-state index in [-0.39, 0.29) is 5.56 Å². The van der Waals surface area contributed by atoms with Crippen molar-refractivity contribution in [2.24, 2.45) is 0 Å². The van der Waals surface area contributed by atoms with Crippen molar-refractivity contribution in [2.45, 2.75) is 13.3 Å². The molecule has 0 fully saturated rings. The van der Waals surface area contributed by atoms with Crippen molar-refractivity contribution in [1.29, 1.82) is 0 Å². The highest BCUT2D eigenvalue weighted by Gasteiger charge is 2.07. The van der Waals surface area contributed by atoms with Crippen LogP contribution in [-0.4, -0.2) is 9.97 Å². The standard InChI is InChI=1S/C12H10F2N2O/c1-2-11-15-10(6-12(17)16-11)7-3-4-8(13)9(14)5-7/h3-6H,2H2,1H3,(H,15,16,17). The number of halogens is 2. The van der Waals surface area contributed by atoms with Gasteiger partial charge in [0.1, 0.15) is 5.82 Å². The molecule has 2 aromatic rings. The lowest BCUT2D eigenvalue weighted by molar-refractivity contribution is 0.509. The molecule has 1 aromatic carbocycles. The second-order valence-corrected chi connectivity index (χ2v) is 3.56. The Bertz CT molecular complexity index is 608. The molecule has 0 aliphatic rings. The third-order valence-electron chi connectivity index (χ3n) is 2.34. The van der Waals surface area contributed by atoms with Gasteiger partial charge in [-0.15, -0.1) is 0 Å². The molecule has 0 amide bonds. The van der Waals surface area contributed by atoms with Gasteiger partial charge >= 0.3 is 0 Å². The summed E-state index contributed by atoms with van der Waals surface area (Å²) in [5, 5.41) is 0. The van der Waals surface area contributed by atoms with E-state index in [9.17, 15) is 13.6 Å². The lowest BCUT2D eigenvalue weighted by Gasteiger charge is -2.03. The van der Waals surface area contributed by atoms with Gasteiger partial charge in [0, 0.05) is 18.1 Å². The van der Waals surface area contributed by atoms with E-state index in [4.69, 9.17) is 0 Å². The van der Waals surface area contributed by atoms with Crippen LogP contribution < -0.4 is 5.56 Å². The van der Waals surface area contributed by atoms with Crippen LogP contribution in [0.3, 0.4) is 0 Å². The first kappa shape index (κ1) is 11.4. The first-order valence-electron chi connectivity index (χ1n) is 5.16. The van der Waals surface area contributed by atoms with Crippen molar-refractivity contribution in [3.05, 3.63) is 52.1 Å². The third-order valence-corrected chi connectivity index (χ3v) is 2.34. The minimum atomic E-state index is -0.956. The minimum absolute atomic E-state index is 0.309. The zero-order valence-corrected chi connectivity index (χ0v) is 9.13. The Morgan fingerprint density at radius 2 is 2.00 bits per heavy atom. The molecule has 1 heterocycles. The van der Waals surface area contributed by atoms with Crippen LogP contribution in [0.15, 0.2) is 29.1 Å². The smallest absolute Gasteiger partial charge is 0.251 e. The van der Waals surface area contributed by atoms with Gasteiger partial charge in [0.2, 0.25) is 0 Å². The molecule has 0 aliphatic heterocycles. The molecule has 5 heteroatoms. The van der Waals surface area contributed by atoms with Crippen molar-refractivity contribution in [1.82, 2.24) is 9.97 Å². The molecule has 0 radical (unpaired) electrons. The summed E-state index contributed by atoms with van der Waals surface area (Å²) in [6, 6.07) is 4.68. The topological polar surface area (TPSA) is 45.8 Å². The van der Waals surface area contributed by atoms with Crippen LogP contribution in [0, 0.1) is 11.6 Å². The van der Waals surface area contributed by atoms with Gasteiger partial charge in [-0.05, 0) is 18.2 Å². The van der Waals surface area contributed by atoms with Gasteiger partial charge in [-0.25, -0.2) is 13.8 Å². The fourth-order valence-corrected chi connectivity index (χ4v) is 1.48. The lowest BCUT2D eigenvalue weighted by atomic mass is 10.1. The van der Waals surface area contributed by atoms with Crippen molar-refractivity contribution < 1.29 is 8.78 Å². The monoisotopic (exact) mass is 236 g/mol. The van der Waals surface area contributed by atoms with Crippen LogP contribution in [-0.2, 0) is 6.42 Å². The number of nitrogens with one attached hydrogen (secondary N) is 1. The average Bonchev–Trinajstić information content (AvgIpc) is 2.32. The van der Waals surface area contributed by atoms with E-state index in [2.05, 4.69) is 9.97 Å². The van der Waals surface area contributed by atoms with E-state index in [1.807, 2.05) is 6.92 Å². The van der Waals surface area contributed by atoms with Crippen LogP contribution in [0.1, 0.15) is 12.7 Å². The molecule has 2 rings (SSSR count). The summed E-state index contributed by atoms with van der Waals surface area (Å²) in [7, 11) is 0. The van der Waals surface area contributed by atoms with Crippen LogP contribution in [0.25, 0.3) is 11.3 Å². The zero-order chi connectivity index (χ0) is 12.4. The summed E-state index contributed by atoms with van der Waals surface area (Å²) in [5.74, 6) is -1.37. The maximum atomic E-state index is 13.1. The summed E-state index contributed by atoms with van der Waals surface area (Å²) in [6.07, 6.45) is 0.562. The number of benzene rings is 1. The molecular weight excluding hydrogens is 226 g/mol. The van der Waals surface area contributed by atoms with E-state index >= 15 is 0 Å². The number of H-pyrrole nitrogens is 1. The number of hydrogen-bond donors (Lipinski definition) is 1. The van der Waals surface area contributed by atoms with Crippen LogP contribution in [0.2, 0.25) is 0 Å². The maximum absolute atomic E-state index is 13.1. The molecule has 0 saturated carbocycles. The lowest BCUT2D eigenvalue weighted by Crippen LogP contribution is -2.10. The van der Waals surface area contributed by atoms with E-state index in [1.54, 1.807) is 0 Å². The van der Waals surface area contributed by atoms with Crippen molar-refractivity contribution in [3.8, 4) is 11.3 Å². The third kappa shape index (κ3) is 2.38. The number of rotatable bonds is 2. The van der Waals surface area contributed by atoms with Crippen LogP contribution in [0.4, 0.5) is 8.78 Å². The van der Waals surface area contributed by atoms with E-state index in [0.717, 1.165) is 12.1 Å². The fraction of sp³-hybridized carbons (Fsp3) is 0.167. The van der Waals surface area contributed by atoms with Gasteiger partial charge in [-0.3, -0.25) is 4.79 Å². The van der Waals surface area contributed by atoms with E-state index < -0.39 is 11.6 Å². The predicted octanol–water partition coefficient (Wildman–Crippen LogP) is 2.28. The van der Waals surface area contributed by atoms with Gasteiger partial charge < -0.3 is 4.98 Å². The second kappa shape index (κ2) is 4.45. The number of aromatic nitrogens is 2. The molecule has 0 spiro atoms. The Morgan fingerprint density at radius 3 is 2.65 bits per heavy atom. The molecule has 0 saturated heterocycles. The van der Waals surface area contributed by atoms with Gasteiger partial charge in [-0.1, -0.05) is 6.92 Å². The normalized spacial score (nSPS) is 10.5. The molecule has 0 bridgehead atoms. The molecular formula is C12H10F2N2O. The Kier molecular flexibility index (Phi) is 2.99. The van der Waals surface area contributed by atoms with E-state index in [1.165, 1.54) is 12.1 Å². The highest BCUT2D eigenvalue weighted by molar-refractivity contribution is 5.58. The quantitative estimate of drug-likeness (QED) is 0.869. The largest absolute Gasteiger partial charge is 0.311 e. The number of hydrogen-bond acceptors (Lipinski definition) is 2. The molecule has 0 atom stereocenters. The maximum Gasteiger partial charge on any atom is 0.251 e. The first-order chi connectivity index (χ1) is 8.10. The van der Waals surface area contributed by atoms with Crippen molar-refractivity contribution in [3.63, 3.8) is 0 Å². The molecule has 17 heavy (non-hydrogen) atoms. The summed E-state index contributed by atoms with van der Waals surface area (Å²) in [4.78, 5) is 18.0. The average molecular weight is 236 g/mol. The Morgan fingerprint density at radius 1 is 1.24 bits per heavy atom. The SMILES string of the molecule is CCc1nc(-c2ccc(F)c(F)c2)cc(=O)[nH]1. The molecule has 88 valence electrons. The summed E-state index contributed by atoms with van der Waals surface area (Å²) in [6.45, 7) is 1.84. The van der Waals surface area contributed by atoms with Gasteiger partial charge in [0.15, 0.2) is 11.6 Å². The Balaban J connectivity index is 2.55. The van der Waals surface area contributed by atoms with Gasteiger partial charge in [0.25, 0.3) is 5.56 Å². The highest BCUT2D eigenvalue weighted by atomic mass is 19.2. The van der Waals surface area contributed by atoms with Gasteiger partial charge in [0.05, 0.1) is 5.69 Å². The fourth-order valence-electron chi connectivity index (χ4n) is 1.48. The van der Waals surface area contributed by atoms with Crippen LogP contribution >= 0.6 is 0 Å². The van der Waals surface area contributed by atoms with Crippen molar-refractivity contribution >= 4 is 0 Å². The Hall–Kier alpha value is -2.04. The summed E-state index contributed by atoms with van der Waals surface area (Å²) < 4.78 is 25.8. The molecule has 1 aromatic heterocycles. The van der Waals surface area contributed by atoms with Crippen LogP contribution in [0.5, 0.6) is 0 Å². The molecule has 3 nitrogen and oxygen atoms in total. The van der Waals surface area contributed by atoms with E-state index in [0.29, 0.717) is 23.5 Å². The second-order valence-electron chi connectivity index (χ2n) is 3.56. The highest BCUT2D eigenvalue weighted by Crippen LogP contribution is 2.18. The number of aryl methyl sites for hydroxylation is 1.